The highest BCUT2D eigenvalue weighted by Crippen LogP contribution is 2.42. The second-order valence-corrected chi connectivity index (χ2v) is 5.81. The minimum absolute atomic E-state index is 0.145. The van der Waals surface area contributed by atoms with Crippen LogP contribution in [0.3, 0.4) is 0 Å². The van der Waals surface area contributed by atoms with Gasteiger partial charge in [-0.25, -0.2) is 4.79 Å². The van der Waals surface area contributed by atoms with E-state index in [1.54, 1.807) is 27.7 Å². The van der Waals surface area contributed by atoms with Crippen LogP contribution in [0, 0.1) is 0 Å². The van der Waals surface area contributed by atoms with Crippen LogP contribution in [0.1, 0.15) is 40.5 Å². The fourth-order valence-electron chi connectivity index (χ4n) is 2.80. The molecule has 0 spiro atoms. The van der Waals surface area contributed by atoms with Crippen LogP contribution in [0.4, 0.5) is 0 Å². The Morgan fingerprint density at radius 3 is 1.88 bits per heavy atom. The van der Waals surface area contributed by atoms with E-state index in [1.165, 1.54) is 12.2 Å². The fourth-order valence-corrected chi connectivity index (χ4v) is 2.80. The predicted octanol–water partition coefficient (Wildman–Crippen LogP) is 0.933. The van der Waals surface area contributed by atoms with Crippen molar-refractivity contribution in [3.63, 3.8) is 0 Å². The molecule has 1 fully saturated rings. The molecular weight excluding hydrogens is 210 g/mol. The van der Waals surface area contributed by atoms with Gasteiger partial charge in [-0.3, -0.25) is 0 Å². The summed E-state index contributed by atoms with van der Waals surface area (Å²) in [7, 11) is 1.26. The summed E-state index contributed by atoms with van der Waals surface area (Å²) in [6.07, 6.45) is 0.291. The average molecular weight is 231 g/mol. The van der Waals surface area contributed by atoms with Crippen molar-refractivity contribution in [2.75, 3.05) is 7.11 Å². The maximum Gasteiger partial charge on any atom is 0.337 e. The summed E-state index contributed by atoms with van der Waals surface area (Å²) in [6, 6.07) is 0. The van der Waals surface area contributed by atoms with E-state index < -0.39 is 22.6 Å². The van der Waals surface area contributed by atoms with E-state index in [2.05, 4.69) is 4.74 Å². The summed E-state index contributed by atoms with van der Waals surface area (Å²) in [6.45, 7) is 7.12. The highest BCUT2D eigenvalue weighted by Gasteiger charge is 2.55. The van der Waals surface area contributed by atoms with Crippen LogP contribution in [-0.4, -0.2) is 45.1 Å². The zero-order valence-corrected chi connectivity index (χ0v) is 10.6. The molecule has 94 valence electrons. The Morgan fingerprint density at radius 1 is 1.19 bits per heavy atom. The summed E-state index contributed by atoms with van der Waals surface area (Å²) in [5, 5.41) is 21.5. The number of hydrogen-bond acceptors (Lipinski definition) is 5. The number of carbonyl (C=O) groups is 1. The molecule has 1 aliphatic rings. The van der Waals surface area contributed by atoms with Gasteiger partial charge in [0.1, 0.15) is 0 Å². The molecule has 2 N–H and O–H groups in total. The molecule has 0 aliphatic carbocycles. The maximum atomic E-state index is 11.6. The number of rotatable bonds is 1. The van der Waals surface area contributed by atoms with Gasteiger partial charge >= 0.3 is 5.97 Å². The molecule has 16 heavy (non-hydrogen) atoms. The molecule has 0 bridgehead atoms. The summed E-state index contributed by atoms with van der Waals surface area (Å²) in [5.41, 5.74) is -2.88. The van der Waals surface area contributed by atoms with Crippen molar-refractivity contribution < 1.29 is 19.8 Å². The van der Waals surface area contributed by atoms with E-state index in [0.717, 1.165) is 0 Å². The van der Waals surface area contributed by atoms with Crippen molar-refractivity contribution >= 4 is 5.97 Å². The number of ether oxygens (including phenoxy) is 1. The lowest BCUT2D eigenvalue weighted by molar-refractivity contribution is -0.274. The lowest BCUT2D eigenvalue weighted by Crippen LogP contribution is -2.66. The first-order valence-corrected chi connectivity index (χ1v) is 5.35. The number of piperidine rings is 1. The summed E-state index contributed by atoms with van der Waals surface area (Å²) >= 11 is 0. The monoisotopic (exact) mass is 231 g/mol. The molecule has 5 nitrogen and oxygen atoms in total. The van der Waals surface area contributed by atoms with E-state index in [-0.39, 0.29) is 12.8 Å². The zero-order chi connectivity index (χ0) is 12.8. The Hall–Kier alpha value is -0.650. The zero-order valence-electron chi connectivity index (χ0n) is 10.6. The van der Waals surface area contributed by atoms with Crippen molar-refractivity contribution in [2.24, 2.45) is 0 Å². The van der Waals surface area contributed by atoms with Gasteiger partial charge in [0.05, 0.1) is 7.11 Å². The minimum atomic E-state index is -1.53. The summed E-state index contributed by atoms with van der Waals surface area (Å²) in [5.74, 6) is -0.637. The van der Waals surface area contributed by atoms with E-state index in [0.29, 0.717) is 0 Å². The van der Waals surface area contributed by atoms with Crippen LogP contribution < -0.4 is 0 Å². The topological polar surface area (TPSA) is 70.0 Å². The van der Waals surface area contributed by atoms with Crippen LogP contribution in [-0.2, 0) is 9.53 Å². The number of hydroxylamine groups is 2. The van der Waals surface area contributed by atoms with Crippen molar-refractivity contribution in [1.29, 1.82) is 0 Å². The summed E-state index contributed by atoms with van der Waals surface area (Å²) in [4.78, 5) is 11.6. The SMILES string of the molecule is COC(=O)C1(O)CC(C)(C)N(O)C(C)(C)C1. The number of hydrogen-bond donors (Lipinski definition) is 2. The lowest BCUT2D eigenvalue weighted by Gasteiger charge is -2.53. The van der Waals surface area contributed by atoms with Gasteiger partial charge in [-0.15, -0.1) is 0 Å². The van der Waals surface area contributed by atoms with Crippen LogP contribution in [0.2, 0.25) is 0 Å². The molecule has 1 saturated heterocycles. The number of nitrogens with zero attached hydrogens (tertiary/aromatic N) is 1. The lowest BCUT2D eigenvalue weighted by atomic mass is 9.72. The van der Waals surface area contributed by atoms with Crippen LogP contribution in [0.25, 0.3) is 0 Å². The van der Waals surface area contributed by atoms with Gasteiger partial charge < -0.3 is 15.1 Å². The van der Waals surface area contributed by atoms with Gasteiger partial charge in [0.15, 0.2) is 5.60 Å². The molecular formula is C11H21NO4. The second kappa shape index (κ2) is 3.68. The molecule has 0 aromatic carbocycles. The molecule has 1 heterocycles. The van der Waals surface area contributed by atoms with E-state index in [9.17, 15) is 15.1 Å². The van der Waals surface area contributed by atoms with E-state index in [4.69, 9.17) is 0 Å². The van der Waals surface area contributed by atoms with Crippen LogP contribution >= 0.6 is 0 Å². The Labute approximate surface area is 96.0 Å². The third-order valence-corrected chi connectivity index (χ3v) is 3.16. The number of esters is 1. The van der Waals surface area contributed by atoms with Gasteiger partial charge in [0.2, 0.25) is 0 Å². The van der Waals surface area contributed by atoms with Crippen LogP contribution in [0.15, 0.2) is 0 Å². The molecule has 0 aromatic rings. The first kappa shape index (κ1) is 13.4. The highest BCUT2D eigenvalue weighted by molar-refractivity contribution is 5.79. The Balaban J connectivity index is 3.07. The van der Waals surface area contributed by atoms with E-state index >= 15 is 0 Å². The molecule has 0 amide bonds. The largest absolute Gasteiger partial charge is 0.467 e. The third-order valence-electron chi connectivity index (χ3n) is 3.16. The Kier molecular flexibility index (Phi) is 3.09. The van der Waals surface area contributed by atoms with Crippen LogP contribution in [0.5, 0.6) is 0 Å². The smallest absolute Gasteiger partial charge is 0.337 e. The first-order chi connectivity index (χ1) is 7.05. The molecule has 1 rings (SSSR count). The quantitative estimate of drug-likeness (QED) is 0.657. The van der Waals surface area contributed by atoms with Gasteiger partial charge in [-0.05, 0) is 27.7 Å². The van der Waals surface area contributed by atoms with Gasteiger partial charge in [0.25, 0.3) is 0 Å². The molecule has 1 aliphatic heterocycles. The van der Waals surface area contributed by atoms with Gasteiger partial charge in [-0.2, -0.15) is 5.06 Å². The van der Waals surface area contributed by atoms with E-state index in [1.807, 2.05) is 0 Å². The Morgan fingerprint density at radius 2 is 1.56 bits per heavy atom. The van der Waals surface area contributed by atoms with Gasteiger partial charge in [-0.1, -0.05) is 0 Å². The standard InChI is InChI=1S/C11H21NO4/c1-9(2)6-11(14,8(13)16-5)7-10(3,4)12(9)15/h14-15H,6-7H2,1-5H3. The van der Waals surface area contributed by atoms with Crippen molar-refractivity contribution in [3.8, 4) is 0 Å². The van der Waals surface area contributed by atoms with Crippen molar-refractivity contribution in [2.45, 2.75) is 57.2 Å². The molecule has 0 atom stereocenters. The minimum Gasteiger partial charge on any atom is -0.467 e. The normalized spacial score (nSPS) is 27.4. The number of carbonyl (C=O) groups excluding carboxylic acids is 1. The van der Waals surface area contributed by atoms with Crippen molar-refractivity contribution in [1.82, 2.24) is 5.06 Å². The molecule has 0 radical (unpaired) electrons. The van der Waals surface area contributed by atoms with Gasteiger partial charge in [0, 0.05) is 23.9 Å². The Bertz CT molecular complexity index is 280. The fraction of sp³-hybridized carbons (Fsp3) is 0.909. The highest BCUT2D eigenvalue weighted by atomic mass is 16.5. The number of aliphatic hydroxyl groups is 1. The first-order valence-electron chi connectivity index (χ1n) is 5.35. The predicted molar refractivity (Wildman–Crippen MR) is 58.0 cm³/mol. The molecule has 0 aromatic heterocycles. The second-order valence-electron chi connectivity index (χ2n) is 5.81. The molecule has 0 saturated carbocycles. The third kappa shape index (κ3) is 2.07. The summed E-state index contributed by atoms with van der Waals surface area (Å²) < 4.78 is 4.63. The molecule has 5 heteroatoms. The number of methoxy groups -OCH3 is 1. The average Bonchev–Trinajstić information content (AvgIpc) is 2.11. The van der Waals surface area contributed by atoms with Crippen molar-refractivity contribution in [3.05, 3.63) is 0 Å². The molecule has 0 unspecified atom stereocenters. The maximum absolute atomic E-state index is 11.6.